The van der Waals surface area contributed by atoms with E-state index in [0.29, 0.717) is 13.0 Å². The van der Waals surface area contributed by atoms with Gasteiger partial charge in [-0.3, -0.25) is 0 Å². The van der Waals surface area contributed by atoms with E-state index in [-0.39, 0.29) is 24.6 Å². The van der Waals surface area contributed by atoms with Crippen molar-refractivity contribution in [3.05, 3.63) is 0 Å². The number of nitrogens with zero attached hydrogens (tertiary/aromatic N) is 1. The number of aliphatic carboxylic acids is 1. The van der Waals surface area contributed by atoms with E-state index in [1.807, 2.05) is 13.8 Å². The van der Waals surface area contributed by atoms with Crippen molar-refractivity contribution in [2.75, 3.05) is 13.2 Å². The van der Waals surface area contributed by atoms with Crippen LogP contribution in [0.4, 0.5) is 4.79 Å². The lowest BCUT2D eigenvalue weighted by Gasteiger charge is -2.30. The van der Waals surface area contributed by atoms with Gasteiger partial charge in [0.15, 0.2) is 0 Å². The number of nitrogens with one attached hydrogen (secondary N) is 1. The van der Waals surface area contributed by atoms with Gasteiger partial charge in [-0.05, 0) is 25.2 Å². The molecule has 0 radical (unpaired) electrons. The molecule has 1 aliphatic heterocycles. The molecule has 6 heteroatoms. The SMILES string of the molecule is CC(C)CC(NC(=O)N1CCCCCC1CO)C(=O)O. The number of carboxylic acid groups (broad SMARTS) is 1. The molecule has 0 aromatic carbocycles. The number of carboxylic acids is 1. The molecule has 0 aromatic rings. The second-order valence-corrected chi connectivity index (χ2v) is 5.85. The summed E-state index contributed by atoms with van der Waals surface area (Å²) in [6, 6.07) is -1.45. The number of hydrogen-bond acceptors (Lipinski definition) is 3. The second kappa shape index (κ2) is 8.09. The average Bonchev–Trinajstić information content (AvgIpc) is 2.62. The molecule has 0 aromatic heterocycles. The van der Waals surface area contributed by atoms with E-state index in [0.717, 1.165) is 25.7 Å². The fourth-order valence-corrected chi connectivity index (χ4v) is 2.56. The monoisotopic (exact) mass is 286 g/mol. The van der Waals surface area contributed by atoms with Crippen molar-refractivity contribution in [1.29, 1.82) is 0 Å². The molecule has 2 atom stereocenters. The molecule has 2 amide bonds. The quantitative estimate of drug-likeness (QED) is 0.713. The summed E-state index contributed by atoms with van der Waals surface area (Å²) < 4.78 is 0. The zero-order valence-electron chi connectivity index (χ0n) is 12.3. The average molecular weight is 286 g/mol. The number of carbonyl (C=O) groups excluding carboxylic acids is 1. The molecule has 0 spiro atoms. The smallest absolute Gasteiger partial charge is 0.326 e. The standard InChI is InChI=1S/C14H26N2O4/c1-10(2)8-12(13(18)19)15-14(20)16-7-5-3-4-6-11(16)9-17/h10-12,17H,3-9H2,1-2H3,(H,15,20)(H,18,19). The van der Waals surface area contributed by atoms with Crippen LogP contribution in [-0.2, 0) is 4.79 Å². The number of aliphatic hydroxyl groups is 1. The molecule has 0 aliphatic carbocycles. The normalized spacial score (nSPS) is 21.4. The van der Waals surface area contributed by atoms with Crippen LogP contribution in [0.15, 0.2) is 0 Å². The molecule has 2 unspecified atom stereocenters. The van der Waals surface area contributed by atoms with Crippen LogP contribution in [0.3, 0.4) is 0 Å². The highest BCUT2D eigenvalue weighted by Crippen LogP contribution is 2.17. The number of rotatable bonds is 5. The maximum Gasteiger partial charge on any atom is 0.326 e. The third kappa shape index (κ3) is 5.00. The Morgan fingerprint density at radius 3 is 2.55 bits per heavy atom. The molecule has 0 saturated carbocycles. The van der Waals surface area contributed by atoms with Crippen molar-refractivity contribution < 1.29 is 19.8 Å². The van der Waals surface area contributed by atoms with E-state index < -0.39 is 12.0 Å². The predicted molar refractivity (Wildman–Crippen MR) is 75.5 cm³/mol. The van der Waals surface area contributed by atoms with Gasteiger partial charge in [0.25, 0.3) is 0 Å². The van der Waals surface area contributed by atoms with Gasteiger partial charge >= 0.3 is 12.0 Å². The largest absolute Gasteiger partial charge is 0.480 e. The fourth-order valence-electron chi connectivity index (χ4n) is 2.56. The van der Waals surface area contributed by atoms with Crippen molar-refractivity contribution in [2.24, 2.45) is 5.92 Å². The van der Waals surface area contributed by atoms with Gasteiger partial charge < -0.3 is 20.4 Å². The van der Waals surface area contributed by atoms with E-state index in [4.69, 9.17) is 5.11 Å². The van der Waals surface area contributed by atoms with Crippen LogP contribution in [-0.4, -0.2) is 52.3 Å². The molecule has 20 heavy (non-hydrogen) atoms. The summed E-state index contributed by atoms with van der Waals surface area (Å²) in [6.45, 7) is 4.34. The van der Waals surface area contributed by atoms with Crippen molar-refractivity contribution >= 4 is 12.0 Å². The highest BCUT2D eigenvalue weighted by molar-refractivity contribution is 5.82. The van der Waals surface area contributed by atoms with Crippen LogP contribution in [0.5, 0.6) is 0 Å². The number of likely N-dealkylation sites (tertiary alicyclic amines) is 1. The molecule has 116 valence electrons. The number of hydrogen-bond donors (Lipinski definition) is 3. The summed E-state index contributed by atoms with van der Waals surface area (Å²) in [7, 11) is 0. The summed E-state index contributed by atoms with van der Waals surface area (Å²) in [5.74, 6) is -0.823. The van der Waals surface area contributed by atoms with Gasteiger partial charge in [0.1, 0.15) is 6.04 Å². The van der Waals surface area contributed by atoms with Crippen LogP contribution >= 0.6 is 0 Å². The molecule has 1 fully saturated rings. The van der Waals surface area contributed by atoms with Gasteiger partial charge in [-0.25, -0.2) is 9.59 Å². The first-order valence-electron chi connectivity index (χ1n) is 7.36. The van der Waals surface area contributed by atoms with Gasteiger partial charge in [0.05, 0.1) is 12.6 Å². The molecule has 1 saturated heterocycles. The van der Waals surface area contributed by atoms with Gasteiger partial charge in [0.2, 0.25) is 0 Å². The Kier molecular flexibility index (Phi) is 6.78. The molecular formula is C14H26N2O4. The zero-order valence-corrected chi connectivity index (χ0v) is 12.3. The molecule has 3 N–H and O–H groups in total. The van der Waals surface area contributed by atoms with E-state index in [9.17, 15) is 14.7 Å². The van der Waals surface area contributed by atoms with Crippen molar-refractivity contribution in [2.45, 2.75) is 58.0 Å². The summed E-state index contributed by atoms with van der Waals surface area (Å²) >= 11 is 0. The molecule has 1 rings (SSSR count). The number of aliphatic hydroxyl groups excluding tert-OH is 1. The summed E-state index contributed by atoms with van der Waals surface area (Å²) in [5, 5.41) is 21.1. The summed E-state index contributed by atoms with van der Waals surface area (Å²) in [5.41, 5.74) is 0. The van der Waals surface area contributed by atoms with Crippen LogP contribution in [0.25, 0.3) is 0 Å². The third-order valence-corrected chi connectivity index (χ3v) is 3.65. The van der Waals surface area contributed by atoms with Crippen LogP contribution in [0.2, 0.25) is 0 Å². The van der Waals surface area contributed by atoms with E-state index in [2.05, 4.69) is 5.32 Å². The highest BCUT2D eigenvalue weighted by Gasteiger charge is 2.28. The fraction of sp³-hybridized carbons (Fsp3) is 0.857. The minimum atomic E-state index is -1.01. The Hall–Kier alpha value is -1.30. The Morgan fingerprint density at radius 1 is 1.30 bits per heavy atom. The topological polar surface area (TPSA) is 89.9 Å². The number of urea groups is 1. The van der Waals surface area contributed by atoms with Gasteiger partial charge in [0, 0.05) is 6.54 Å². The lowest BCUT2D eigenvalue weighted by atomic mass is 10.0. The van der Waals surface area contributed by atoms with Crippen molar-refractivity contribution in [3.63, 3.8) is 0 Å². The van der Waals surface area contributed by atoms with E-state index in [1.54, 1.807) is 4.90 Å². The van der Waals surface area contributed by atoms with Crippen molar-refractivity contribution in [3.8, 4) is 0 Å². The molecule has 0 bridgehead atoms. The van der Waals surface area contributed by atoms with Gasteiger partial charge in [-0.2, -0.15) is 0 Å². The second-order valence-electron chi connectivity index (χ2n) is 5.85. The third-order valence-electron chi connectivity index (χ3n) is 3.65. The summed E-state index contributed by atoms with van der Waals surface area (Å²) in [4.78, 5) is 25.0. The zero-order chi connectivity index (χ0) is 15.1. The maximum absolute atomic E-state index is 12.3. The summed E-state index contributed by atoms with van der Waals surface area (Å²) in [6.07, 6.45) is 4.09. The van der Waals surface area contributed by atoms with Crippen molar-refractivity contribution in [1.82, 2.24) is 10.2 Å². The molecule has 1 heterocycles. The van der Waals surface area contributed by atoms with E-state index in [1.165, 1.54) is 0 Å². The van der Waals surface area contributed by atoms with Crippen LogP contribution in [0.1, 0.15) is 46.0 Å². The highest BCUT2D eigenvalue weighted by atomic mass is 16.4. The first-order chi connectivity index (χ1) is 9.45. The van der Waals surface area contributed by atoms with Gasteiger partial charge in [-0.1, -0.05) is 26.7 Å². The molecule has 1 aliphatic rings. The Labute approximate surface area is 120 Å². The van der Waals surface area contributed by atoms with Crippen LogP contribution in [0, 0.1) is 5.92 Å². The first-order valence-corrected chi connectivity index (χ1v) is 7.36. The molecular weight excluding hydrogens is 260 g/mol. The minimum Gasteiger partial charge on any atom is -0.480 e. The maximum atomic E-state index is 12.3. The number of carbonyl (C=O) groups is 2. The molecule has 6 nitrogen and oxygen atoms in total. The Morgan fingerprint density at radius 2 is 2.00 bits per heavy atom. The van der Waals surface area contributed by atoms with E-state index >= 15 is 0 Å². The Bertz CT molecular complexity index is 333. The Balaban J connectivity index is 2.67. The lowest BCUT2D eigenvalue weighted by molar-refractivity contribution is -0.139. The predicted octanol–water partition coefficient (Wildman–Crippen LogP) is 1.43. The minimum absolute atomic E-state index is 0.0741. The lowest BCUT2D eigenvalue weighted by Crippen LogP contribution is -2.52. The van der Waals surface area contributed by atoms with Crippen LogP contribution < -0.4 is 5.32 Å². The van der Waals surface area contributed by atoms with Gasteiger partial charge in [-0.15, -0.1) is 0 Å². The number of amides is 2. The first kappa shape index (κ1) is 16.8.